The van der Waals surface area contributed by atoms with Crippen molar-refractivity contribution < 1.29 is 9.21 Å². The fourth-order valence-corrected chi connectivity index (χ4v) is 3.50. The molecule has 2 aromatic carbocycles. The normalized spacial score (nSPS) is 17.6. The molecule has 7 heteroatoms. The minimum absolute atomic E-state index is 0.0522. The Morgan fingerprint density at radius 2 is 1.75 bits per heavy atom. The molecular weight excluding hydrogens is 356 g/mol. The van der Waals surface area contributed by atoms with Crippen LogP contribution in [-0.2, 0) is 11.3 Å². The lowest BCUT2D eigenvalue weighted by Gasteiger charge is -2.40. The van der Waals surface area contributed by atoms with Gasteiger partial charge in [0.1, 0.15) is 6.54 Å². The summed E-state index contributed by atoms with van der Waals surface area (Å²) in [5.41, 5.74) is 1.78. The molecular formula is C21H22N4O3. The number of likely N-dealkylation sites (N-methyl/N-ethyl adjacent to an activating group) is 1. The third-order valence-corrected chi connectivity index (χ3v) is 5.00. The first-order valence-corrected chi connectivity index (χ1v) is 9.28. The molecule has 1 aliphatic heterocycles. The highest BCUT2D eigenvalue weighted by atomic mass is 16.4. The Hall–Kier alpha value is -3.19. The van der Waals surface area contributed by atoms with E-state index in [0.717, 1.165) is 23.3 Å². The second-order valence-electron chi connectivity index (χ2n) is 6.97. The van der Waals surface area contributed by atoms with E-state index < -0.39 is 5.76 Å². The predicted molar refractivity (Wildman–Crippen MR) is 105 cm³/mol. The highest BCUT2D eigenvalue weighted by Crippen LogP contribution is 2.25. The van der Waals surface area contributed by atoms with Gasteiger partial charge in [0.25, 0.3) is 0 Å². The van der Waals surface area contributed by atoms with Gasteiger partial charge in [-0.15, -0.1) is 5.10 Å². The molecule has 1 atom stereocenters. The van der Waals surface area contributed by atoms with Gasteiger partial charge < -0.3 is 14.2 Å². The molecule has 1 amide bonds. The quantitative estimate of drug-likeness (QED) is 0.695. The minimum Gasteiger partial charge on any atom is -0.388 e. The van der Waals surface area contributed by atoms with Crippen molar-refractivity contribution in [3.05, 3.63) is 76.8 Å². The average molecular weight is 378 g/mol. The maximum Gasteiger partial charge on any atom is 0.437 e. The maximum absolute atomic E-state index is 13.0. The van der Waals surface area contributed by atoms with Crippen molar-refractivity contribution in [3.8, 4) is 11.5 Å². The number of rotatable bonds is 4. The highest BCUT2D eigenvalue weighted by molar-refractivity contribution is 5.76. The molecule has 0 aliphatic carbocycles. The Bertz CT molecular complexity index is 997. The molecule has 0 unspecified atom stereocenters. The number of aromatic nitrogens is 2. The number of piperazine rings is 1. The minimum atomic E-state index is -0.627. The summed E-state index contributed by atoms with van der Waals surface area (Å²) in [7, 11) is 2.05. The molecule has 0 saturated carbocycles. The zero-order chi connectivity index (χ0) is 19.5. The molecule has 1 fully saturated rings. The fraction of sp³-hybridized carbons (Fsp3) is 0.286. The number of benzene rings is 2. The van der Waals surface area contributed by atoms with Crippen LogP contribution in [0.15, 0.2) is 69.9 Å². The summed E-state index contributed by atoms with van der Waals surface area (Å²) < 4.78 is 6.34. The van der Waals surface area contributed by atoms with Gasteiger partial charge in [-0.2, -0.15) is 4.68 Å². The summed E-state index contributed by atoms with van der Waals surface area (Å²) in [6, 6.07) is 19.1. The summed E-state index contributed by atoms with van der Waals surface area (Å²) in [5, 5.41) is 4.21. The summed E-state index contributed by atoms with van der Waals surface area (Å²) in [5.74, 6) is -0.550. The van der Waals surface area contributed by atoms with Crippen LogP contribution < -0.4 is 5.76 Å². The lowest BCUT2D eigenvalue weighted by Crippen LogP contribution is -2.50. The monoisotopic (exact) mass is 378 g/mol. The number of nitrogens with zero attached hydrogens (tertiary/aromatic N) is 4. The second-order valence-corrected chi connectivity index (χ2v) is 6.97. The smallest absolute Gasteiger partial charge is 0.388 e. The van der Waals surface area contributed by atoms with Crippen LogP contribution in [0.5, 0.6) is 0 Å². The topological polar surface area (TPSA) is 71.6 Å². The number of carbonyl (C=O) groups excluding carboxylic acids is 1. The molecule has 144 valence electrons. The van der Waals surface area contributed by atoms with Crippen LogP contribution >= 0.6 is 0 Å². The molecule has 0 spiro atoms. The first-order chi connectivity index (χ1) is 13.6. The Balaban J connectivity index is 1.56. The lowest BCUT2D eigenvalue weighted by atomic mass is 10.0. The summed E-state index contributed by atoms with van der Waals surface area (Å²) >= 11 is 0. The lowest BCUT2D eigenvalue weighted by molar-refractivity contribution is -0.137. The molecule has 1 saturated heterocycles. The van der Waals surface area contributed by atoms with Gasteiger partial charge in [0, 0.05) is 25.2 Å². The van der Waals surface area contributed by atoms with Gasteiger partial charge in [-0.1, -0.05) is 48.5 Å². The molecule has 1 aliphatic rings. The van der Waals surface area contributed by atoms with Gasteiger partial charge in [-0.05, 0) is 24.7 Å². The summed E-state index contributed by atoms with van der Waals surface area (Å²) in [6.45, 7) is 2.01. The van der Waals surface area contributed by atoms with Crippen LogP contribution in [0.2, 0.25) is 0 Å². The van der Waals surface area contributed by atoms with Crippen molar-refractivity contribution in [2.75, 3.05) is 26.7 Å². The first kappa shape index (κ1) is 18.2. The summed E-state index contributed by atoms with van der Waals surface area (Å²) in [4.78, 5) is 29.2. The van der Waals surface area contributed by atoms with Crippen LogP contribution in [0.1, 0.15) is 11.6 Å². The molecule has 7 nitrogen and oxygen atoms in total. The number of hydrogen-bond acceptors (Lipinski definition) is 5. The second kappa shape index (κ2) is 7.82. The molecule has 4 rings (SSSR count). The van der Waals surface area contributed by atoms with Crippen LogP contribution in [0.25, 0.3) is 11.5 Å². The Morgan fingerprint density at radius 1 is 1.07 bits per heavy atom. The number of carbonyl (C=O) groups is 1. The largest absolute Gasteiger partial charge is 0.437 e. The van der Waals surface area contributed by atoms with Crippen molar-refractivity contribution in [3.63, 3.8) is 0 Å². The molecule has 3 aromatic rings. The molecule has 0 radical (unpaired) electrons. The van der Waals surface area contributed by atoms with Gasteiger partial charge >= 0.3 is 5.76 Å². The number of hydrogen-bond donors (Lipinski definition) is 0. The predicted octanol–water partition coefficient (Wildman–Crippen LogP) is 2.02. The SMILES string of the molecule is CN1CCN(C(=O)Cn2nc(-c3ccccc3)oc2=O)[C@H](c2ccccc2)C1. The van der Waals surface area contributed by atoms with Crippen molar-refractivity contribution in [1.29, 1.82) is 0 Å². The summed E-state index contributed by atoms with van der Waals surface area (Å²) in [6.07, 6.45) is 0. The van der Waals surface area contributed by atoms with Crippen LogP contribution in [-0.4, -0.2) is 52.2 Å². The zero-order valence-electron chi connectivity index (χ0n) is 15.7. The van der Waals surface area contributed by atoms with Crippen molar-refractivity contribution in [2.45, 2.75) is 12.6 Å². The van der Waals surface area contributed by atoms with E-state index in [1.807, 2.05) is 72.6 Å². The third-order valence-electron chi connectivity index (χ3n) is 5.00. The first-order valence-electron chi connectivity index (χ1n) is 9.28. The van der Waals surface area contributed by atoms with Crippen molar-refractivity contribution in [1.82, 2.24) is 19.6 Å². The van der Waals surface area contributed by atoms with Gasteiger partial charge in [-0.3, -0.25) is 4.79 Å². The molecule has 0 bridgehead atoms. The van der Waals surface area contributed by atoms with E-state index in [1.54, 1.807) is 0 Å². The van der Waals surface area contributed by atoms with E-state index >= 15 is 0 Å². The van der Waals surface area contributed by atoms with Crippen molar-refractivity contribution >= 4 is 5.91 Å². The van der Waals surface area contributed by atoms with Crippen LogP contribution in [0.4, 0.5) is 0 Å². The molecule has 28 heavy (non-hydrogen) atoms. The van der Waals surface area contributed by atoms with Gasteiger partial charge in [-0.25, -0.2) is 4.79 Å². The van der Waals surface area contributed by atoms with E-state index in [1.165, 1.54) is 0 Å². The standard InChI is InChI=1S/C21H22N4O3/c1-23-12-13-24(18(14-23)16-8-4-2-5-9-16)19(26)15-25-21(27)28-20(22-25)17-10-6-3-7-11-17/h2-11,18H,12-15H2,1H3/t18-/m0/s1. The van der Waals surface area contributed by atoms with Gasteiger partial charge in [0.2, 0.25) is 11.8 Å². The Morgan fingerprint density at radius 3 is 2.46 bits per heavy atom. The van der Waals surface area contributed by atoms with Crippen LogP contribution in [0, 0.1) is 0 Å². The number of amides is 1. The highest BCUT2D eigenvalue weighted by Gasteiger charge is 2.30. The van der Waals surface area contributed by atoms with Gasteiger partial charge in [0.05, 0.1) is 6.04 Å². The van der Waals surface area contributed by atoms with E-state index in [4.69, 9.17) is 4.42 Å². The van der Waals surface area contributed by atoms with E-state index in [-0.39, 0.29) is 24.4 Å². The molecule has 2 heterocycles. The van der Waals surface area contributed by atoms with Crippen molar-refractivity contribution in [2.24, 2.45) is 0 Å². The Labute approximate surface area is 162 Å². The maximum atomic E-state index is 13.0. The van der Waals surface area contributed by atoms with E-state index in [0.29, 0.717) is 12.1 Å². The fourth-order valence-electron chi connectivity index (χ4n) is 3.50. The third kappa shape index (κ3) is 3.75. The average Bonchev–Trinajstić information content (AvgIpc) is 3.09. The molecule has 1 aromatic heterocycles. The van der Waals surface area contributed by atoms with E-state index in [2.05, 4.69) is 10.00 Å². The van der Waals surface area contributed by atoms with Gasteiger partial charge in [0.15, 0.2) is 0 Å². The zero-order valence-corrected chi connectivity index (χ0v) is 15.7. The van der Waals surface area contributed by atoms with Crippen LogP contribution in [0.3, 0.4) is 0 Å². The molecule has 0 N–H and O–H groups in total. The van der Waals surface area contributed by atoms with E-state index in [9.17, 15) is 9.59 Å². The Kier molecular flexibility index (Phi) is 5.08.